The van der Waals surface area contributed by atoms with E-state index in [4.69, 9.17) is 16.9 Å². The van der Waals surface area contributed by atoms with E-state index in [0.29, 0.717) is 29.2 Å². The summed E-state index contributed by atoms with van der Waals surface area (Å²) in [4.78, 5) is 13.6. The van der Waals surface area contributed by atoms with Crippen molar-refractivity contribution in [2.75, 3.05) is 11.4 Å². The lowest BCUT2D eigenvalue weighted by Crippen LogP contribution is -2.33. The fourth-order valence-electron chi connectivity index (χ4n) is 2.49. The van der Waals surface area contributed by atoms with E-state index in [0.717, 1.165) is 18.7 Å². The minimum atomic E-state index is 0.270. The molecule has 0 saturated heterocycles. The predicted molar refractivity (Wildman–Crippen MR) is 71.8 cm³/mol. The Hall–Kier alpha value is -1.53. The maximum atomic E-state index is 11.4. The lowest BCUT2D eigenvalue weighted by molar-refractivity contribution is -0.117. The van der Waals surface area contributed by atoms with Gasteiger partial charge >= 0.3 is 0 Å². The van der Waals surface area contributed by atoms with Gasteiger partial charge in [0.2, 0.25) is 0 Å². The highest BCUT2D eigenvalue weighted by Crippen LogP contribution is 2.29. The van der Waals surface area contributed by atoms with Crippen LogP contribution in [0, 0.1) is 11.3 Å². The van der Waals surface area contributed by atoms with Crippen LogP contribution in [-0.2, 0) is 4.79 Å². The van der Waals surface area contributed by atoms with Gasteiger partial charge in [0, 0.05) is 31.1 Å². The summed E-state index contributed by atoms with van der Waals surface area (Å²) in [5.41, 5.74) is 1.47. The van der Waals surface area contributed by atoms with Gasteiger partial charge in [0.1, 0.15) is 11.9 Å². The molecule has 0 amide bonds. The molecule has 0 aromatic heterocycles. The Morgan fingerprint density at radius 3 is 2.83 bits per heavy atom. The number of hydrogen-bond donors (Lipinski definition) is 0. The highest BCUT2D eigenvalue weighted by Gasteiger charge is 2.27. The smallest absolute Gasteiger partial charge is 0.135 e. The Kier molecular flexibility index (Phi) is 3.88. The van der Waals surface area contributed by atoms with Crippen LogP contribution in [0.5, 0.6) is 0 Å². The van der Waals surface area contributed by atoms with Crippen LogP contribution in [0.2, 0.25) is 5.02 Å². The summed E-state index contributed by atoms with van der Waals surface area (Å²) in [6.45, 7) is 2.90. The summed E-state index contributed by atoms with van der Waals surface area (Å²) in [5, 5.41) is 9.33. The monoisotopic (exact) mass is 262 g/mol. The molecule has 1 aliphatic rings. The number of carbonyl (C=O) groups is 1. The molecule has 0 spiro atoms. The average Bonchev–Trinajstić information content (AvgIpc) is 2.77. The number of halogens is 1. The number of rotatable bonds is 3. The summed E-state index contributed by atoms with van der Waals surface area (Å²) in [7, 11) is 0. The molecule has 1 saturated carbocycles. The average molecular weight is 263 g/mol. The molecule has 1 aromatic rings. The molecule has 1 unspecified atom stereocenters. The zero-order valence-electron chi connectivity index (χ0n) is 10.3. The van der Waals surface area contributed by atoms with Gasteiger partial charge in [-0.3, -0.25) is 4.79 Å². The van der Waals surface area contributed by atoms with Crippen molar-refractivity contribution in [1.29, 1.82) is 5.26 Å². The van der Waals surface area contributed by atoms with Gasteiger partial charge in [0.05, 0.1) is 10.6 Å². The van der Waals surface area contributed by atoms with E-state index in [1.165, 1.54) is 0 Å². The molecule has 18 heavy (non-hydrogen) atoms. The van der Waals surface area contributed by atoms with E-state index in [1.54, 1.807) is 6.07 Å². The molecule has 0 aliphatic heterocycles. The van der Waals surface area contributed by atoms with Crippen molar-refractivity contribution >= 4 is 23.1 Å². The molecule has 1 aromatic carbocycles. The second-order valence-corrected chi connectivity index (χ2v) is 4.90. The molecule has 3 nitrogen and oxygen atoms in total. The third kappa shape index (κ3) is 2.49. The summed E-state index contributed by atoms with van der Waals surface area (Å²) in [5.74, 6) is 0.332. The summed E-state index contributed by atoms with van der Waals surface area (Å²) >= 11 is 6.05. The molecule has 4 heteroatoms. The van der Waals surface area contributed by atoms with Crippen LogP contribution in [0.4, 0.5) is 5.69 Å². The normalized spacial score (nSPS) is 18.7. The van der Waals surface area contributed by atoms with Crippen LogP contribution < -0.4 is 4.90 Å². The van der Waals surface area contributed by atoms with Crippen molar-refractivity contribution in [3.63, 3.8) is 0 Å². The largest absolute Gasteiger partial charge is 0.368 e. The summed E-state index contributed by atoms with van der Waals surface area (Å²) in [6.07, 6.45) is 2.20. The van der Waals surface area contributed by atoms with E-state index < -0.39 is 0 Å². The number of ketones is 1. The molecule has 1 atom stereocenters. The van der Waals surface area contributed by atoms with Crippen LogP contribution in [0.25, 0.3) is 0 Å². The van der Waals surface area contributed by atoms with Gasteiger partial charge < -0.3 is 4.90 Å². The lowest BCUT2D eigenvalue weighted by atomic mass is 10.1. The van der Waals surface area contributed by atoms with E-state index in [9.17, 15) is 4.79 Å². The molecule has 0 radical (unpaired) electrons. The fraction of sp³-hybridized carbons (Fsp3) is 0.429. The topological polar surface area (TPSA) is 44.1 Å². The number of hydrogen-bond acceptors (Lipinski definition) is 3. The van der Waals surface area contributed by atoms with Gasteiger partial charge in [-0.25, -0.2) is 0 Å². The molecule has 1 fully saturated rings. The maximum absolute atomic E-state index is 11.4. The molecule has 0 N–H and O–H groups in total. The van der Waals surface area contributed by atoms with Gasteiger partial charge in [0.15, 0.2) is 0 Å². The molecule has 1 aliphatic carbocycles. The van der Waals surface area contributed by atoms with Gasteiger partial charge in [-0.2, -0.15) is 5.26 Å². The van der Waals surface area contributed by atoms with Gasteiger partial charge in [-0.05, 0) is 31.5 Å². The third-order valence-corrected chi connectivity index (χ3v) is 3.72. The van der Waals surface area contributed by atoms with E-state index >= 15 is 0 Å². The Balaban J connectivity index is 2.25. The number of nitriles is 1. The van der Waals surface area contributed by atoms with Crippen LogP contribution in [0.3, 0.4) is 0 Å². The predicted octanol–water partition coefficient (Wildman–Crippen LogP) is 3.16. The van der Waals surface area contributed by atoms with E-state index in [1.807, 2.05) is 12.1 Å². The Morgan fingerprint density at radius 2 is 2.33 bits per heavy atom. The molecular weight excluding hydrogens is 248 g/mol. The van der Waals surface area contributed by atoms with Gasteiger partial charge in [-0.1, -0.05) is 11.6 Å². The standard InChI is InChI=1S/C14H15ClN2O/c1-2-17(11-5-6-13(18)7-11)12-4-3-10(9-16)14(15)8-12/h3-4,8,11H,2,5-7H2,1H3. The van der Waals surface area contributed by atoms with Crippen molar-refractivity contribution in [3.8, 4) is 6.07 Å². The second kappa shape index (κ2) is 5.41. The Morgan fingerprint density at radius 1 is 1.56 bits per heavy atom. The highest BCUT2D eigenvalue weighted by molar-refractivity contribution is 6.32. The SMILES string of the molecule is CCN(c1ccc(C#N)c(Cl)c1)C1CCC(=O)C1. The zero-order valence-corrected chi connectivity index (χ0v) is 11.1. The number of benzene rings is 1. The number of Topliss-reactive ketones (excluding diaryl/α,β-unsaturated/α-hetero) is 1. The van der Waals surface area contributed by atoms with Crippen molar-refractivity contribution in [1.82, 2.24) is 0 Å². The number of carbonyl (C=O) groups excluding carboxylic acids is 1. The molecule has 94 valence electrons. The van der Waals surface area contributed by atoms with Crippen LogP contribution in [0.15, 0.2) is 18.2 Å². The minimum Gasteiger partial charge on any atom is -0.368 e. The van der Waals surface area contributed by atoms with Crippen LogP contribution >= 0.6 is 11.6 Å². The summed E-state index contributed by atoms with van der Waals surface area (Å²) in [6, 6.07) is 7.77. The molecule has 0 heterocycles. The van der Waals surface area contributed by atoms with Crippen LogP contribution in [0.1, 0.15) is 31.7 Å². The molecular formula is C14H15ClN2O. The number of anilines is 1. The quantitative estimate of drug-likeness (QED) is 0.840. The summed E-state index contributed by atoms with van der Waals surface area (Å²) < 4.78 is 0. The lowest BCUT2D eigenvalue weighted by Gasteiger charge is -2.29. The van der Waals surface area contributed by atoms with E-state index in [2.05, 4.69) is 17.9 Å². The number of nitrogens with zero attached hydrogens (tertiary/aromatic N) is 2. The Bertz CT molecular complexity index is 507. The fourth-order valence-corrected chi connectivity index (χ4v) is 2.70. The highest BCUT2D eigenvalue weighted by atomic mass is 35.5. The van der Waals surface area contributed by atoms with Crippen molar-refractivity contribution < 1.29 is 4.79 Å². The molecule has 0 bridgehead atoms. The van der Waals surface area contributed by atoms with E-state index in [-0.39, 0.29) is 6.04 Å². The van der Waals surface area contributed by atoms with Crippen molar-refractivity contribution in [2.45, 2.75) is 32.2 Å². The van der Waals surface area contributed by atoms with Crippen molar-refractivity contribution in [3.05, 3.63) is 28.8 Å². The first kappa shape index (κ1) is 12.9. The maximum Gasteiger partial charge on any atom is 0.135 e. The zero-order chi connectivity index (χ0) is 13.1. The van der Waals surface area contributed by atoms with Gasteiger partial charge in [-0.15, -0.1) is 0 Å². The Labute approximate surface area is 112 Å². The van der Waals surface area contributed by atoms with Crippen molar-refractivity contribution in [2.24, 2.45) is 0 Å². The first-order valence-corrected chi connectivity index (χ1v) is 6.51. The second-order valence-electron chi connectivity index (χ2n) is 4.50. The molecule has 2 rings (SSSR count). The first-order chi connectivity index (χ1) is 8.65. The third-order valence-electron chi connectivity index (χ3n) is 3.41. The van der Waals surface area contributed by atoms with Gasteiger partial charge in [0.25, 0.3) is 0 Å². The first-order valence-electron chi connectivity index (χ1n) is 6.13. The van der Waals surface area contributed by atoms with Crippen LogP contribution in [-0.4, -0.2) is 18.4 Å². The minimum absolute atomic E-state index is 0.270.